The Balaban J connectivity index is 2.10. The highest BCUT2D eigenvalue weighted by molar-refractivity contribution is 7.80. The van der Waals surface area contributed by atoms with Gasteiger partial charge in [0.25, 0.3) is 5.91 Å². The smallest absolute Gasteiger partial charge is 0.262 e. The molecule has 6 heteroatoms. The van der Waals surface area contributed by atoms with E-state index in [2.05, 4.69) is 12.2 Å². The van der Waals surface area contributed by atoms with Crippen LogP contribution in [-0.2, 0) is 0 Å². The predicted molar refractivity (Wildman–Crippen MR) is 88.6 cm³/mol. The van der Waals surface area contributed by atoms with Gasteiger partial charge < -0.3 is 11.1 Å². The lowest BCUT2D eigenvalue weighted by Gasteiger charge is -2.39. The highest BCUT2D eigenvalue weighted by atomic mass is 35.5. The second-order valence-electron chi connectivity index (χ2n) is 5.36. The molecule has 1 aliphatic carbocycles. The van der Waals surface area contributed by atoms with Crippen LogP contribution in [0.3, 0.4) is 0 Å². The quantitative estimate of drug-likeness (QED) is 0.826. The highest BCUT2D eigenvalue weighted by Gasteiger charge is 2.39. The maximum atomic E-state index is 12.3. The average Bonchev–Trinajstić information content (AvgIpc) is 2.86. The first-order valence-electron chi connectivity index (χ1n) is 6.84. The number of halogens is 1. The van der Waals surface area contributed by atoms with E-state index in [0.29, 0.717) is 20.1 Å². The molecule has 0 radical (unpaired) electrons. The maximum absolute atomic E-state index is 12.3. The van der Waals surface area contributed by atoms with Gasteiger partial charge in [-0.3, -0.25) is 4.79 Å². The molecular formula is C14H19ClN2OS2. The van der Waals surface area contributed by atoms with Crippen molar-refractivity contribution in [3.63, 3.8) is 0 Å². The van der Waals surface area contributed by atoms with Gasteiger partial charge in [0.15, 0.2) is 0 Å². The number of nitrogens with two attached hydrogens (primary N) is 1. The van der Waals surface area contributed by atoms with E-state index >= 15 is 0 Å². The molecule has 0 saturated heterocycles. The van der Waals surface area contributed by atoms with E-state index in [1.165, 1.54) is 17.8 Å². The fraction of sp³-hybridized carbons (Fsp3) is 0.571. The summed E-state index contributed by atoms with van der Waals surface area (Å²) in [6.45, 7) is 2.20. The molecule has 0 unspecified atom stereocenters. The van der Waals surface area contributed by atoms with Crippen LogP contribution in [0.25, 0.3) is 0 Å². The van der Waals surface area contributed by atoms with Gasteiger partial charge in [0.1, 0.15) is 0 Å². The Hall–Kier alpha value is -0.650. The molecule has 1 aromatic heterocycles. The Morgan fingerprint density at radius 1 is 1.55 bits per heavy atom. The van der Waals surface area contributed by atoms with Gasteiger partial charge in [0.05, 0.1) is 19.7 Å². The van der Waals surface area contributed by atoms with Crippen molar-refractivity contribution in [1.82, 2.24) is 5.32 Å². The molecule has 110 valence electrons. The third-order valence-electron chi connectivity index (χ3n) is 4.16. The number of thiophene rings is 1. The standard InChI is InChI=1S/C14H19ClN2OS2/c1-2-9-5-7-14(8-6-9,13(16)19)17-12(18)10-3-4-11(15)20-10/h3-4,9H,2,5-8H2,1H3,(H2,16,19)(H,17,18). The van der Waals surface area contributed by atoms with Crippen molar-refractivity contribution in [3.05, 3.63) is 21.3 Å². The van der Waals surface area contributed by atoms with Gasteiger partial charge in [-0.2, -0.15) is 0 Å². The van der Waals surface area contributed by atoms with Crippen LogP contribution in [0.5, 0.6) is 0 Å². The van der Waals surface area contributed by atoms with Crippen molar-refractivity contribution in [1.29, 1.82) is 0 Å². The largest absolute Gasteiger partial charge is 0.391 e. The number of rotatable bonds is 4. The predicted octanol–water partition coefficient (Wildman–Crippen LogP) is 3.76. The monoisotopic (exact) mass is 330 g/mol. The molecule has 1 fully saturated rings. The highest BCUT2D eigenvalue weighted by Crippen LogP contribution is 2.34. The van der Waals surface area contributed by atoms with Crippen LogP contribution in [0.4, 0.5) is 0 Å². The number of hydrogen-bond acceptors (Lipinski definition) is 3. The maximum Gasteiger partial charge on any atom is 0.262 e. The van der Waals surface area contributed by atoms with E-state index in [0.717, 1.165) is 25.7 Å². The Kier molecular flexibility index (Phi) is 5.04. The molecule has 1 aliphatic rings. The van der Waals surface area contributed by atoms with E-state index in [1.54, 1.807) is 12.1 Å². The first-order valence-corrected chi connectivity index (χ1v) is 8.45. The molecule has 1 amide bonds. The Labute approximate surface area is 133 Å². The number of amides is 1. The minimum Gasteiger partial charge on any atom is -0.391 e. The molecule has 3 nitrogen and oxygen atoms in total. The Morgan fingerprint density at radius 3 is 2.65 bits per heavy atom. The average molecular weight is 331 g/mol. The Morgan fingerprint density at radius 2 is 2.20 bits per heavy atom. The topological polar surface area (TPSA) is 55.1 Å². The van der Waals surface area contributed by atoms with E-state index in [-0.39, 0.29) is 5.91 Å². The van der Waals surface area contributed by atoms with Crippen LogP contribution in [0.15, 0.2) is 12.1 Å². The zero-order chi connectivity index (χ0) is 14.8. The molecule has 1 aromatic rings. The van der Waals surface area contributed by atoms with Crippen LogP contribution in [0.1, 0.15) is 48.7 Å². The van der Waals surface area contributed by atoms with Crippen LogP contribution in [-0.4, -0.2) is 16.4 Å². The summed E-state index contributed by atoms with van der Waals surface area (Å²) in [5.41, 5.74) is 5.38. The zero-order valence-corrected chi connectivity index (χ0v) is 13.8. The van der Waals surface area contributed by atoms with Crippen molar-refractivity contribution < 1.29 is 4.79 Å². The fourth-order valence-electron chi connectivity index (χ4n) is 2.73. The minimum absolute atomic E-state index is 0.135. The summed E-state index contributed by atoms with van der Waals surface area (Å²) in [5.74, 6) is 0.579. The lowest BCUT2D eigenvalue weighted by molar-refractivity contribution is 0.0902. The van der Waals surface area contributed by atoms with Gasteiger partial charge >= 0.3 is 0 Å². The van der Waals surface area contributed by atoms with Crippen LogP contribution in [0.2, 0.25) is 4.34 Å². The van der Waals surface area contributed by atoms with Gasteiger partial charge in [-0.1, -0.05) is 37.2 Å². The third-order valence-corrected chi connectivity index (χ3v) is 5.78. The molecule has 0 atom stereocenters. The lowest BCUT2D eigenvalue weighted by atomic mass is 9.75. The van der Waals surface area contributed by atoms with Crippen LogP contribution in [0, 0.1) is 5.92 Å². The molecule has 0 aromatic carbocycles. The number of carbonyl (C=O) groups is 1. The van der Waals surface area contributed by atoms with Gasteiger partial charge in [0.2, 0.25) is 0 Å². The third kappa shape index (κ3) is 3.32. The van der Waals surface area contributed by atoms with E-state index in [4.69, 9.17) is 29.6 Å². The second kappa shape index (κ2) is 6.41. The molecule has 3 N–H and O–H groups in total. The van der Waals surface area contributed by atoms with Gasteiger partial charge in [0, 0.05) is 0 Å². The zero-order valence-electron chi connectivity index (χ0n) is 11.4. The molecule has 1 heterocycles. The number of carbonyl (C=O) groups excluding carboxylic acids is 1. The summed E-state index contributed by atoms with van der Waals surface area (Å²) in [4.78, 5) is 13.3. The molecule has 1 saturated carbocycles. The molecular weight excluding hydrogens is 312 g/mol. The molecule has 0 aliphatic heterocycles. The lowest BCUT2D eigenvalue weighted by Crippen LogP contribution is -2.58. The SMILES string of the molecule is CCC1CCC(NC(=O)c2ccc(Cl)s2)(C(N)=S)CC1. The van der Waals surface area contributed by atoms with Crippen molar-refractivity contribution in [2.75, 3.05) is 0 Å². The van der Waals surface area contributed by atoms with E-state index in [9.17, 15) is 4.79 Å². The molecule has 0 spiro atoms. The van der Waals surface area contributed by atoms with Crippen LogP contribution >= 0.6 is 35.2 Å². The minimum atomic E-state index is -0.533. The van der Waals surface area contributed by atoms with Gasteiger partial charge in [-0.15, -0.1) is 11.3 Å². The Bertz CT molecular complexity index is 507. The van der Waals surface area contributed by atoms with Crippen molar-refractivity contribution in [3.8, 4) is 0 Å². The number of hydrogen-bond donors (Lipinski definition) is 2. The van der Waals surface area contributed by atoms with E-state index < -0.39 is 5.54 Å². The first-order chi connectivity index (χ1) is 9.47. The van der Waals surface area contributed by atoms with E-state index in [1.807, 2.05) is 0 Å². The molecule has 2 rings (SSSR count). The number of thiocarbonyl (C=S) groups is 1. The normalized spacial score (nSPS) is 26.2. The van der Waals surface area contributed by atoms with Crippen molar-refractivity contribution >= 4 is 46.1 Å². The first kappa shape index (κ1) is 15.7. The molecule has 0 bridgehead atoms. The second-order valence-corrected chi connectivity index (χ2v) is 7.51. The number of nitrogens with one attached hydrogen (secondary N) is 1. The molecule has 20 heavy (non-hydrogen) atoms. The fourth-order valence-corrected chi connectivity index (χ4v) is 3.92. The van der Waals surface area contributed by atoms with Gasteiger partial charge in [-0.05, 0) is 43.7 Å². The van der Waals surface area contributed by atoms with Crippen molar-refractivity contribution in [2.45, 2.75) is 44.6 Å². The summed E-state index contributed by atoms with van der Waals surface area (Å²) in [6, 6.07) is 3.45. The summed E-state index contributed by atoms with van der Waals surface area (Å²) in [5, 5.41) is 3.05. The summed E-state index contributed by atoms with van der Waals surface area (Å²) in [6.07, 6.45) is 4.93. The summed E-state index contributed by atoms with van der Waals surface area (Å²) >= 11 is 12.4. The van der Waals surface area contributed by atoms with Crippen molar-refractivity contribution in [2.24, 2.45) is 11.7 Å². The van der Waals surface area contributed by atoms with Gasteiger partial charge in [-0.25, -0.2) is 0 Å². The summed E-state index contributed by atoms with van der Waals surface area (Å²) < 4.78 is 0.606. The summed E-state index contributed by atoms with van der Waals surface area (Å²) in [7, 11) is 0. The van der Waals surface area contributed by atoms with Crippen LogP contribution < -0.4 is 11.1 Å².